The van der Waals surface area contributed by atoms with E-state index in [1.54, 1.807) is 0 Å². The highest BCUT2D eigenvalue weighted by molar-refractivity contribution is 9.10. The molecule has 2 rings (SSSR count). The van der Waals surface area contributed by atoms with Gasteiger partial charge in [0.1, 0.15) is 0 Å². The van der Waals surface area contributed by atoms with Crippen molar-refractivity contribution < 1.29 is 17.6 Å². The topological polar surface area (TPSA) is 52.0 Å². The van der Waals surface area contributed by atoms with E-state index >= 15 is 0 Å². The highest BCUT2D eigenvalue weighted by atomic mass is 79.9. The third-order valence-electron chi connectivity index (χ3n) is 2.47. The molecule has 0 saturated heterocycles. The third-order valence-corrected chi connectivity index (χ3v) is 3.16. The molecule has 3 nitrogen and oxygen atoms in total. The minimum Gasteiger partial charge on any atom is -0.441 e. The summed E-state index contributed by atoms with van der Waals surface area (Å²) in [5.74, 6) is 0.684. The smallest absolute Gasteiger partial charge is 0.416 e. The van der Waals surface area contributed by atoms with Gasteiger partial charge < -0.3 is 10.2 Å². The maximum absolute atomic E-state index is 12.7. The van der Waals surface area contributed by atoms with Crippen LogP contribution in [0.2, 0.25) is 0 Å². The number of nitrogens with two attached hydrogens (primary N) is 1. The number of benzene rings is 1. The van der Waals surface area contributed by atoms with Crippen LogP contribution in [-0.4, -0.2) is 11.5 Å². The average Bonchev–Trinajstić information content (AvgIpc) is 2.77. The number of aromatic nitrogens is 1. The van der Waals surface area contributed by atoms with Gasteiger partial charge in [-0.2, -0.15) is 13.2 Å². The quantitative estimate of drug-likeness (QED) is 0.932. The minimum atomic E-state index is -4.39. The minimum absolute atomic E-state index is 0.279. The number of hydrogen-bond acceptors (Lipinski definition) is 3. The Hall–Kier alpha value is -1.34. The van der Waals surface area contributed by atoms with Gasteiger partial charge in [0.2, 0.25) is 0 Å². The standard InChI is InChI=1S/C12H10BrF3N2O/c13-9-2-1-7(12(14,15)16)5-8(9)10-6-18-11(19-10)3-4-17/h1-2,5-6H,3-4,17H2. The molecule has 0 bridgehead atoms. The Morgan fingerprint density at radius 2 is 2.05 bits per heavy atom. The van der Waals surface area contributed by atoms with Crippen LogP contribution >= 0.6 is 15.9 Å². The van der Waals surface area contributed by atoms with Crippen molar-refractivity contribution in [2.24, 2.45) is 5.73 Å². The molecule has 7 heteroatoms. The Morgan fingerprint density at radius 3 is 2.68 bits per heavy atom. The fraction of sp³-hybridized carbons (Fsp3) is 0.250. The van der Waals surface area contributed by atoms with Crippen LogP contribution in [0.3, 0.4) is 0 Å². The van der Waals surface area contributed by atoms with Gasteiger partial charge >= 0.3 is 6.18 Å². The molecule has 0 spiro atoms. The first-order valence-electron chi connectivity index (χ1n) is 5.43. The molecular weight excluding hydrogens is 325 g/mol. The van der Waals surface area contributed by atoms with Gasteiger partial charge in [0.05, 0.1) is 11.8 Å². The molecule has 1 aromatic carbocycles. The van der Waals surface area contributed by atoms with E-state index in [1.807, 2.05) is 0 Å². The summed E-state index contributed by atoms with van der Waals surface area (Å²) in [4.78, 5) is 3.97. The number of rotatable bonds is 3. The lowest BCUT2D eigenvalue weighted by Crippen LogP contribution is -2.04. The Labute approximate surface area is 115 Å². The highest BCUT2D eigenvalue weighted by Crippen LogP contribution is 2.36. The average molecular weight is 335 g/mol. The summed E-state index contributed by atoms with van der Waals surface area (Å²) in [6, 6.07) is 3.37. The Kier molecular flexibility index (Phi) is 3.96. The van der Waals surface area contributed by atoms with Crippen molar-refractivity contribution >= 4 is 15.9 Å². The van der Waals surface area contributed by atoms with Crippen LogP contribution in [0.5, 0.6) is 0 Å². The van der Waals surface area contributed by atoms with E-state index in [1.165, 1.54) is 12.3 Å². The van der Waals surface area contributed by atoms with E-state index in [2.05, 4.69) is 20.9 Å². The molecule has 102 valence electrons. The van der Waals surface area contributed by atoms with Crippen molar-refractivity contribution in [1.29, 1.82) is 0 Å². The molecule has 2 aromatic rings. The van der Waals surface area contributed by atoms with Gasteiger partial charge in [-0.1, -0.05) is 15.9 Å². The summed E-state index contributed by atoms with van der Waals surface area (Å²) < 4.78 is 43.9. The van der Waals surface area contributed by atoms with E-state index in [4.69, 9.17) is 10.2 Å². The zero-order valence-corrected chi connectivity index (χ0v) is 11.3. The lowest BCUT2D eigenvalue weighted by molar-refractivity contribution is -0.137. The van der Waals surface area contributed by atoms with E-state index in [0.29, 0.717) is 28.9 Å². The summed E-state index contributed by atoms with van der Waals surface area (Å²) >= 11 is 3.20. The number of nitrogens with zero attached hydrogens (tertiary/aromatic N) is 1. The molecule has 19 heavy (non-hydrogen) atoms. The molecule has 0 aliphatic heterocycles. The summed E-state index contributed by atoms with van der Waals surface area (Å²) in [5.41, 5.74) is 4.94. The largest absolute Gasteiger partial charge is 0.441 e. The van der Waals surface area contributed by atoms with E-state index in [0.717, 1.165) is 12.1 Å². The summed E-state index contributed by atoms with van der Waals surface area (Å²) in [6.45, 7) is 0.365. The third kappa shape index (κ3) is 3.16. The van der Waals surface area contributed by atoms with Crippen LogP contribution in [0, 0.1) is 0 Å². The number of alkyl halides is 3. The van der Waals surface area contributed by atoms with Crippen molar-refractivity contribution in [2.75, 3.05) is 6.54 Å². The van der Waals surface area contributed by atoms with Gasteiger partial charge in [-0.3, -0.25) is 0 Å². The van der Waals surface area contributed by atoms with Crippen LogP contribution in [0.1, 0.15) is 11.5 Å². The van der Waals surface area contributed by atoms with E-state index < -0.39 is 11.7 Å². The Balaban J connectivity index is 2.42. The highest BCUT2D eigenvalue weighted by Gasteiger charge is 2.31. The summed E-state index contributed by atoms with van der Waals surface area (Å²) in [7, 11) is 0. The predicted octanol–water partition coefficient (Wildman–Crippen LogP) is 3.62. The van der Waals surface area contributed by atoms with Crippen LogP contribution < -0.4 is 5.73 Å². The first-order valence-corrected chi connectivity index (χ1v) is 6.23. The second-order valence-corrected chi connectivity index (χ2v) is 4.70. The molecular formula is C12H10BrF3N2O. The molecule has 0 atom stereocenters. The number of oxazole rings is 1. The fourth-order valence-electron chi connectivity index (χ4n) is 1.56. The first kappa shape index (κ1) is 14.1. The molecule has 0 aliphatic carbocycles. The SMILES string of the molecule is NCCc1ncc(-c2cc(C(F)(F)F)ccc2Br)o1. The Bertz CT molecular complexity index is 581. The molecule has 0 unspecified atom stereocenters. The van der Waals surface area contributed by atoms with Gasteiger partial charge in [0.25, 0.3) is 0 Å². The van der Waals surface area contributed by atoms with Crippen LogP contribution in [0.4, 0.5) is 13.2 Å². The maximum Gasteiger partial charge on any atom is 0.416 e. The molecule has 2 N–H and O–H groups in total. The van der Waals surface area contributed by atoms with Crippen molar-refractivity contribution in [3.8, 4) is 11.3 Å². The maximum atomic E-state index is 12.7. The van der Waals surface area contributed by atoms with Crippen molar-refractivity contribution in [3.05, 3.63) is 40.3 Å². The number of hydrogen-bond donors (Lipinski definition) is 1. The molecule has 1 aromatic heterocycles. The van der Waals surface area contributed by atoms with Crippen LogP contribution in [0.15, 0.2) is 33.3 Å². The van der Waals surface area contributed by atoms with Crippen molar-refractivity contribution in [2.45, 2.75) is 12.6 Å². The lowest BCUT2D eigenvalue weighted by atomic mass is 10.1. The van der Waals surface area contributed by atoms with Crippen molar-refractivity contribution in [3.63, 3.8) is 0 Å². The zero-order valence-electron chi connectivity index (χ0n) is 9.67. The fourth-order valence-corrected chi connectivity index (χ4v) is 2.01. The van der Waals surface area contributed by atoms with Gasteiger partial charge in [-0.15, -0.1) is 0 Å². The molecule has 1 heterocycles. The van der Waals surface area contributed by atoms with Gasteiger partial charge in [-0.25, -0.2) is 4.98 Å². The van der Waals surface area contributed by atoms with E-state index in [-0.39, 0.29) is 5.76 Å². The zero-order chi connectivity index (χ0) is 14.0. The van der Waals surface area contributed by atoms with Crippen LogP contribution in [-0.2, 0) is 12.6 Å². The second-order valence-electron chi connectivity index (χ2n) is 3.85. The van der Waals surface area contributed by atoms with Gasteiger partial charge in [0.15, 0.2) is 11.7 Å². The monoisotopic (exact) mass is 334 g/mol. The first-order chi connectivity index (χ1) is 8.91. The summed E-state index contributed by atoms with van der Waals surface area (Å²) in [6.07, 6.45) is -2.56. The van der Waals surface area contributed by atoms with E-state index in [9.17, 15) is 13.2 Å². The van der Waals surface area contributed by atoms with Crippen LogP contribution in [0.25, 0.3) is 11.3 Å². The molecule has 0 saturated carbocycles. The number of halogens is 4. The van der Waals surface area contributed by atoms with Crippen molar-refractivity contribution in [1.82, 2.24) is 4.98 Å². The normalized spacial score (nSPS) is 11.8. The Morgan fingerprint density at radius 1 is 1.32 bits per heavy atom. The van der Waals surface area contributed by atoms with Gasteiger partial charge in [0, 0.05) is 23.0 Å². The lowest BCUT2D eigenvalue weighted by Gasteiger charge is -2.08. The molecule has 0 radical (unpaired) electrons. The molecule has 0 amide bonds. The predicted molar refractivity (Wildman–Crippen MR) is 67.4 cm³/mol. The second kappa shape index (κ2) is 5.34. The summed E-state index contributed by atoms with van der Waals surface area (Å²) in [5, 5.41) is 0. The molecule has 0 fully saturated rings. The van der Waals surface area contributed by atoms with Gasteiger partial charge in [-0.05, 0) is 18.2 Å². The molecule has 0 aliphatic rings.